The predicted molar refractivity (Wildman–Crippen MR) is 150 cm³/mol. The molecule has 2 aromatic rings. The van der Waals surface area contributed by atoms with Gasteiger partial charge < -0.3 is 19.9 Å². The minimum Gasteiger partial charge on any atom is -0.444 e. The van der Waals surface area contributed by atoms with Gasteiger partial charge in [0.15, 0.2) is 0 Å². The molecule has 8 nitrogen and oxygen atoms in total. The highest BCUT2D eigenvalue weighted by atomic mass is 35.5. The molecule has 0 saturated carbocycles. The molecule has 0 spiro atoms. The molecule has 1 aliphatic carbocycles. The average Bonchev–Trinajstić information content (AvgIpc) is 3.22. The average molecular weight is 542 g/mol. The Morgan fingerprint density at radius 1 is 1.08 bits per heavy atom. The highest BCUT2D eigenvalue weighted by molar-refractivity contribution is 6.30. The van der Waals surface area contributed by atoms with Crippen molar-refractivity contribution in [1.82, 2.24) is 20.2 Å². The molecule has 1 saturated heterocycles. The van der Waals surface area contributed by atoms with Crippen LogP contribution in [-0.2, 0) is 16.0 Å². The number of aromatic nitrogens is 2. The summed E-state index contributed by atoms with van der Waals surface area (Å²) in [6, 6.07) is 7.41. The Labute approximate surface area is 231 Å². The second kappa shape index (κ2) is 11.1. The highest BCUT2D eigenvalue weighted by Crippen LogP contribution is 2.37. The summed E-state index contributed by atoms with van der Waals surface area (Å²) in [6.07, 6.45) is 3.70. The van der Waals surface area contributed by atoms with E-state index in [0.717, 1.165) is 43.0 Å². The second-order valence-corrected chi connectivity index (χ2v) is 12.6. The normalized spacial score (nSPS) is 18.7. The number of nitrogens with one attached hydrogen (secondary N) is 1. The number of carbonyl (C=O) groups is 2. The Bertz CT molecular complexity index is 1150. The molecule has 1 N–H and O–H groups in total. The molecule has 2 atom stereocenters. The molecule has 206 valence electrons. The number of rotatable bonds is 6. The van der Waals surface area contributed by atoms with Crippen LogP contribution in [0.4, 0.5) is 10.6 Å². The van der Waals surface area contributed by atoms with E-state index in [0.29, 0.717) is 30.5 Å². The van der Waals surface area contributed by atoms with Crippen molar-refractivity contribution < 1.29 is 14.3 Å². The molecule has 1 aromatic carbocycles. The van der Waals surface area contributed by atoms with Crippen molar-refractivity contribution >= 4 is 29.4 Å². The van der Waals surface area contributed by atoms with Crippen molar-refractivity contribution in [3.63, 3.8) is 0 Å². The number of aryl methyl sites for hydroxylation is 1. The largest absolute Gasteiger partial charge is 0.444 e. The maximum absolute atomic E-state index is 14.0. The third-order valence-electron chi connectivity index (χ3n) is 7.27. The van der Waals surface area contributed by atoms with Gasteiger partial charge in [-0.3, -0.25) is 4.79 Å². The van der Waals surface area contributed by atoms with E-state index in [-0.39, 0.29) is 5.91 Å². The van der Waals surface area contributed by atoms with Crippen molar-refractivity contribution in [3.8, 4) is 0 Å². The summed E-state index contributed by atoms with van der Waals surface area (Å²) < 4.78 is 5.47. The fourth-order valence-corrected chi connectivity index (χ4v) is 5.54. The molecule has 1 fully saturated rings. The molecule has 2 aliphatic rings. The third kappa shape index (κ3) is 6.76. The first-order valence-corrected chi connectivity index (χ1v) is 13.8. The molecular weight excluding hydrogens is 502 g/mol. The van der Waals surface area contributed by atoms with E-state index in [1.165, 1.54) is 5.56 Å². The summed E-state index contributed by atoms with van der Waals surface area (Å²) in [6.45, 7) is 14.2. The van der Waals surface area contributed by atoms with Crippen molar-refractivity contribution in [2.45, 2.75) is 83.8 Å². The van der Waals surface area contributed by atoms with Gasteiger partial charge in [0.25, 0.3) is 0 Å². The minimum absolute atomic E-state index is 0.0484. The van der Waals surface area contributed by atoms with Crippen LogP contribution in [0.25, 0.3) is 0 Å². The number of nitrogens with zero attached hydrogens (tertiary/aromatic N) is 4. The summed E-state index contributed by atoms with van der Waals surface area (Å²) >= 11 is 6.15. The first kappa shape index (κ1) is 28.1. The maximum atomic E-state index is 14.0. The number of hydrogen-bond donors (Lipinski definition) is 1. The predicted octanol–water partition coefficient (Wildman–Crippen LogP) is 5.31. The van der Waals surface area contributed by atoms with Crippen molar-refractivity contribution in [3.05, 3.63) is 52.4 Å². The van der Waals surface area contributed by atoms with Gasteiger partial charge in [-0.15, -0.1) is 0 Å². The van der Waals surface area contributed by atoms with Crippen LogP contribution in [0.5, 0.6) is 0 Å². The van der Waals surface area contributed by atoms with Crippen molar-refractivity contribution in [1.29, 1.82) is 0 Å². The molecule has 0 bridgehead atoms. The first-order valence-electron chi connectivity index (χ1n) is 13.5. The van der Waals surface area contributed by atoms with Gasteiger partial charge in [0, 0.05) is 48.0 Å². The minimum atomic E-state index is -0.679. The van der Waals surface area contributed by atoms with E-state index in [2.05, 4.69) is 27.1 Å². The third-order valence-corrected chi connectivity index (χ3v) is 7.52. The number of alkyl carbamates (subject to hydrolysis) is 1. The van der Waals surface area contributed by atoms with Crippen LogP contribution in [-0.4, -0.2) is 64.2 Å². The Morgan fingerprint density at radius 2 is 1.74 bits per heavy atom. The lowest BCUT2D eigenvalue weighted by Gasteiger charge is -2.39. The van der Waals surface area contributed by atoms with Gasteiger partial charge in [-0.2, -0.15) is 0 Å². The lowest BCUT2D eigenvalue weighted by molar-refractivity contribution is -0.133. The molecule has 38 heavy (non-hydrogen) atoms. The molecule has 9 heteroatoms. The summed E-state index contributed by atoms with van der Waals surface area (Å²) in [4.78, 5) is 39.8. The van der Waals surface area contributed by atoms with Gasteiger partial charge >= 0.3 is 6.09 Å². The van der Waals surface area contributed by atoms with E-state index in [1.807, 2.05) is 51.7 Å². The zero-order valence-corrected chi connectivity index (χ0v) is 24.1. The van der Waals surface area contributed by atoms with Gasteiger partial charge in [0.05, 0.1) is 5.92 Å². The Morgan fingerprint density at radius 3 is 2.37 bits per heavy atom. The molecule has 2 heterocycles. The number of hydrogen-bond acceptors (Lipinski definition) is 6. The first-order chi connectivity index (χ1) is 17.8. The standard InChI is InChI=1S/C29H40ClN5O3/c1-19-7-12-23-24(19)25(32-18-31-23)34-13-15-35(16-14-34)26(36)22(20-8-10-21(30)11-9-20)17-29(5,6)33-27(37)38-28(2,3)4/h8-11,18-19,22H,7,12-17H2,1-6H3,(H,33,37). The number of amides is 2. The van der Waals surface area contributed by atoms with E-state index < -0.39 is 23.2 Å². The van der Waals surface area contributed by atoms with Crippen LogP contribution in [0.15, 0.2) is 30.6 Å². The summed E-state index contributed by atoms with van der Waals surface area (Å²) in [5.74, 6) is 1.08. The molecule has 1 aromatic heterocycles. The fourth-order valence-electron chi connectivity index (χ4n) is 5.42. The zero-order valence-electron chi connectivity index (χ0n) is 23.4. The molecular formula is C29H40ClN5O3. The molecule has 2 amide bonds. The van der Waals surface area contributed by atoms with Crippen LogP contribution in [0.1, 0.15) is 83.0 Å². The SMILES string of the molecule is CC1CCc2ncnc(N3CCN(C(=O)C(CC(C)(C)NC(=O)OC(C)(C)C)c4ccc(Cl)cc4)CC3)c21. The van der Waals surface area contributed by atoms with E-state index >= 15 is 0 Å². The van der Waals surface area contributed by atoms with Gasteiger partial charge in [0.1, 0.15) is 17.7 Å². The quantitative estimate of drug-likeness (QED) is 0.533. The number of benzene rings is 1. The van der Waals surface area contributed by atoms with Crippen LogP contribution in [0.2, 0.25) is 5.02 Å². The molecule has 0 radical (unpaired) electrons. The van der Waals surface area contributed by atoms with E-state index in [1.54, 1.807) is 18.5 Å². The molecule has 4 rings (SSSR count). The van der Waals surface area contributed by atoms with Crippen molar-refractivity contribution in [2.24, 2.45) is 0 Å². The van der Waals surface area contributed by atoms with E-state index in [4.69, 9.17) is 16.3 Å². The Balaban J connectivity index is 1.48. The number of fused-ring (bicyclic) bond motifs is 1. The van der Waals surface area contributed by atoms with Gasteiger partial charge in [0.2, 0.25) is 5.91 Å². The number of ether oxygens (including phenoxy) is 1. The Hall–Kier alpha value is -2.87. The van der Waals surface area contributed by atoms with Gasteiger partial charge in [-0.25, -0.2) is 14.8 Å². The van der Waals surface area contributed by atoms with E-state index in [9.17, 15) is 9.59 Å². The summed E-state index contributed by atoms with van der Waals surface area (Å²) in [5, 5.41) is 3.58. The van der Waals surface area contributed by atoms with Gasteiger partial charge in [-0.05, 0) is 77.5 Å². The van der Waals surface area contributed by atoms with Crippen molar-refractivity contribution in [2.75, 3.05) is 31.1 Å². The zero-order chi connectivity index (χ0) is 27.7. The highest BCUT2D eigenvalue weighted by Gasteiger charge is 2.36. The van der Waals surface area contributed by atoms with Crippen LogP contribution in [0, 0.1) is 0 Å². The number of piperazine rings is 1. The Kier molecular flexibility index (Phi) is 8.21. The number of carbonyl (C=O) groups excluding carboxylic acids is 2. The monoisotopic (exact) mass is 541 g/mol. The lowest BCUT2D eigenvalue weighted by Crippen LogP contribution is -2.52. The second-order valence-electron chi connectivity index (χ2n) is 12.1. The summed E-state index contributed by atoms with van der Waals surface area (Å²) in [5.41, 5.74) is 2.02. The smallest absolute Gasteiger partial charge is 0.408 e. The van der Waals surface area contributed by atoms with Gasteiger partial charge in [-0.1, -0.05) is 30.7 Å². The van der Waals surface area contributed by atoms with Crippen LogP contribution < -0.4 is 10.2 Å². The lowest BCUT2D eigenvalue weighted by atomic mass is 9.84. The topological polar surface area (TPSA) is 87.7 Å². The maximum Gasteiger partial charge on any atom is 0.408 e. The number of halogens is 1. The molecule has 1 aliphatic heterocycles. The fraction of sp³-hybridized carbons (Fsp3) is 0.586. The molecule has 2 unspecified atom stereocenters. The van der Waals surface area contributed by atoms with Crippen LogP contribution >= 0.6 is 11.6 Å². The summed E-state index contributed by atoms with van der Waals surface area (Å²) in [7, 11) is 0. The number of anilines is 1. The van der Waals surface area contributed by atoms with Crippen LogP contribution in [0.3, 0.4) is 0 Å².